The average Bonchev–Trinajstić information content (AvgIpc) is 2.21. The molecule has 0 radical (unpaired) electrons. The summed E-state index contributed by atoms with van der Waals surface area (Å²) in [5.74, 6) is 0.793. The van der Waals surface area contributed by atoms with Crippen molar-refractivity contribution < 1.29 is 0 Å². The van der Waals surface area contributed by atoms with Crippen LogP contribution in [0, 0.1) is 5.92 Å². The molecule has 0 bridgehead atoms. The van der Waals surface area contributed by atoms with Crippen molar-refractivity contribution >= 4 is 0 Å². The molecule has 0 spiro atoms. The fraction of sp³-hybridized carbons (Fsp3) is 0.857. The van der Waals surface area contributed by atoms with E-state index < -0.39 is 0 Å². The molecule has 0 aromatic heterocycles. The first kappa shape index (κ1) is 13.7. The maximum atomic E-state index is 2.49. The fourth-order valence-corrected chi connectivity index (χ4v) is 1.86. The van der Waals surface area contributed by atoms with Crippen molar-refractivity contribution in [2.45, 2.75) is 72.6 Å². The second-order valence-electron chi connectivity index (χ2n) is 4.36. The standard InChI is InChI=1S/C14H28/c1-5-8-9-10-11-13(4)12-14(6-2)7-3/h12-13H,5-11H2,1-4H3. The van der Waals surface area contributed by atoms with E-state index in [2.05, 4.69) is 33.8 Å². The smallest absolute Gasteiger partial charge is 0.0259 e. The zero-order valence-electron chi connectivity index (χ0n) is 10.6. The lowest BCUT2D eigenvalue weighted by atomic mass is 9.98. The Balaban J connectivity index is 3.62. The van der Waals surface area contributed by atoms with Crippen molar-refractivity contribution in [3.8, 4) is 0 Å². The van der Waals surface area contributed by atoms with Crippen LogP contribution in [0.4, 0.5) is 0 Å². The maximum absolute atomic E-state index is 2.49. The lowest BCUT2D eigenvalue weighted by molar-refractivity contribution is 0.557. The molecule has 14 heavy (non-hydrogen) atoms. The van der Waals surface area contributed by atoms with Gasteiger partial charge in [-0.15, -0.1) is 0 Å². The van der Waals surface area contributed by atoms with Gasteiger partial charge in [-0.2, -0.15) is 0 Å². The van der Waals surface area contributed by atoms with E-state index in [1.807, 2.05) is 0 Å². The SMILES string of the molecule is CCCCCCC(C)C=C(CC)CC. The van der Waals surface area contributed by atoms with E-state index in [1.54, 1.807) is 5.57 Å². The first-order valence-corrected chi connectivity index (χ1v) is 6.44. The molecule has 0 aliphatic carbocycles. The number of hydrogen-bond donors (Lipinski definition) is 0. The van der Waals surface area contributed by atoms with Gasteiger partial charge in [0.25, 0.3) is 0 Å². The summed E-state index contributed by atoms with van der Waals surface area (Å²) in [6.07, 6.45) is 11.9. The van der Waals surface area contributed by atoms with Gasteiger partial charge in [0.1, 0.15) is 0 Å². The molecular weight excluding hydrogens is 168 g/mol. The quantitative estimate of drug-likeness (QED) is 0.363. The normalized spacial score (nSPS) is 12.6. The van der Waals surface area contributed by atoms with E-state index in [9.17, 15) is 0 Å². The van der Waals surface area contributed by atoms with Crippen LogP contribution in [0.25, 0.3) is 0 Å². The van der Waals surface area contributed by atoms with Gasteiger partial charge in [-0.1, -0.05) is 65.0 Å². The largest absolute Gasteiger partial charge is 0.0825 e. The predicted octanol–water partition coefficient (Wildman–Crippen LogP) is 5.34. The molecule has 0 aliphatic heterocycles. The zero-order valence-corrected chi connectivity index (χ0v) is 10.6. The van der Waals surface area contributed by atoms with Crippen molar-refractivity contribution in [3.05, 3.63) is 11.6 Å². The molecule has 0 rings (SSSR count). The van der Waals surface area contributed by atoms with E-state index in [-0.39, 0.29) is 0 Å². The van der Waals surface area contributed by atoms with Crippen molar-refractivity contribution in [3.63, 3.8) is 0 Å². The molecule has 0 aromatic rings. The fourth-order valence-electron chi connectivity index (χ4n) is 1.86. The van der Waals surface area contributed by atoms with Gasteiger partial charge < -0.3 is 0 Å². The molecule has 0 nitrogen and oxygen atoms in total. The topological polar surface area (TPSA) is 0 Å². The molecule has 0 heteroatoms. The van der Waals surface area contributed by atoms with E-state index >= 15 is 0 Å². The Morgan fingerprint density at radius 3 is 2.14 bits per heavy atom. The minimum atomic E-state index is 0.793. The zero-order chi connectivity index (χ0) is 10.8. The number of unbranched alkanes of at least 4 members (excludes halogenated alkanes) is 3. The molecule has 1 atom stereocenters. The molecule has 0 heterocycles. The molecule has 0 aliphatic rings. The summed E-state index contributed by atoms with van der Waals surface area (Å²) < 4.78 is 0. The van der Waals surface area contributed by atoms with Crippen molar-refractivity contribution in [2.24, 2.45) is 5.92 Å². The van der Waals surface area contributed by atoms with Gasteiger partial charge in [0, 0.05) is 0 Å². The summed E-state index contributed by atoms with van der Waals surface area (Å²) >= 11 is 0. The molecule has 1 unspecified atom stereocenters. The third-order valence-corrected chi connectivity index (χ3v) is 2.94. The Morgan fingerprint density at radius 2 is 1.64 bits per heavy atom. The highest BCUT2D eigenvalue weighted by molar-refractivity contribution is 5.02. The molecular formula is C14H28. The Labute approximate surface area is 90.8 Å². The average molecular weight is 196 g/mol. The highest BCUT2D eigenvalue weighted by Crippen LogP contribution is 2.16. The van der Waals surface area contributed by atoms with Crippen molar-refractivity contribution in [1.29, 1.82) is 0 Å². The monoisotopic (exact) mass is 196 g/mol. The van der Waals surface area contributed by atoms with Crippen LogP contribution in [-0.4, -0.2) is 0 Å². The minimum Gasteiger partial charge on any atom is -0.0825 e. The Hall–Kier alpha value is -0.260. The maximum Gasteiger partial charge on any atom is -0.0259 e. The minimum absolute atomic E-state index is 0.793. The molecule has 0 fully saturated rings. The Morgan fingerprint density at radius 1 is 1.00 bits per heavy atom. The van der Waals surface area contributed by atoms with Crippen LogP contribution in [0.5, 0.6) is 0 Å². The second-order valence-corrected chi connectivity index (χ2v) is 4.36. The van der Waals surface area contributed by atoms with E-state index in [4.69, 9.17) is 0 Å². The van der Waals surface area contributed by atoms with Gasteiger partial charge >= 0.3 is 0 Å². The summed E-state index contributed by atoms with van der Waals surface area (Å²) in [5.41, 5.74) is 1.63. The third kappa shape index (κ3) is 7.17. The van der Waals surface area contributed by atoms with Gasteiger partial charge in [0.05, 0.1) is 0 Å². The molecule has 0 saturated heterocycles. The molecule has 0 amide bonds. The van der Waals surface area contributed by atoms with Crippen LogP contribution in [-0.2, 0) is 0 Å². The van der Waals surface area contributed by atoms with Crippen molar-refractivity contribution in [2.75, 3.05) is 0 Å². The number of hydrogen-bond acceptors (Lipinski definition) is 0. The lowest BCUT2D eigenvalue weighted by Crippen LogP contribution is -1.92. The van der Waals surface area contributed by atoms with E-state index in [0.717, 1.165) is 5.92 Å². The highest BCUT2D eigenvalue weighted by Gasteiger charge is 1.99. The second kappa shape index (κ2) is 9.30. The number of allylic oxidation sites excluding steroid dienone is 2. The Bertz CT molecular complexity index is 138. The summed E-state index contributed by atoms with van der Waals surface area (Å²) in [5, 5.41) is 0. The van der Waals surface area contributed by atoms with Gasteiger partial charge in [0.2, 0.25) is 0 Å². The predicted molar refractivity (Wildman–Crippen MR) is 66.6 cm³/mol. The summed E-state index contributed by atoms with van der Waals surface area (Å²) in [4.78, 5) is 0. The highest BCUT2D eigenvalue weighted by atomic mass is 14.1. The van der Waals surface area contributed by atoms with Crippen molar-refractivity contribution in [1.82, 2.24) is 0 Å². The summed E-state index contributed by atoms with van der Waals surface area (Å²) in [6.45, 7) is 9.16. The lowest BCUT2D eigenvalue weighted by Gasteiger charge is -2.08. The first-order chi connectivity index (χ1) is 6.74. The van der Waals surface area contributed by atoms with Gasteiger partial charge in [0.15, 0.2) is 0 Å². The van der Waals surface area contributed by atoms with Crippen LogP contribution >= 0.6 is 0 Å². The van der Waals surface area contributed by atoms with Crippen LogP contribution in [0.2, 0.25) is 0 Å². The van der Waals surface area contributed by atoms with Crippen LogP contribution in [0.3, 0.4) is 0 Å². The first-order valence-electron chi connectivity index (χ1n) is 6.44. The van der Waals surface area contributed by atoms with Crippen LogP contribution in [0.15, 0.2) is 11.6 Å². The van der Waals surface area contributed by atoms with Gasteiger partial charge in [-0.05, 0) is 25.2 Å². The van der Waals surface area contributed by atoms with E-state index in [0.29, 0.717) is 0 Å². The van der Waals surface area contributed by atoms with Gasteiger partial charge in [-0.3, -0.25) is 0 Å². The molecule has 0 aromatic carbocycles. The molecule has 84 valence electrons. The third-order valence-electron chi connectivity index (χ3n) is 2.94. The van der Waals surface area contributed by atoms with Gasteiger partial charge in [-0.25, -0.2) is 0 Å². The summed E-state index contributed by atoms with van der Waals surface area (Å²) in [6, 6.07) is 0. The number of rotatable bonds is 8. The summed E-state index contributed by atoms with van der Waals surface area (Å²) in [7, 11) is 0. The van der Waals surface area contributed by atoms with Crippen LogP contribution < -0.4 is 0 Å². The molecule has 0 saturated carbocycles. The molecule has 0 N–H and O–H groups in total. The van der Waals surface area contributed by atoms with E-state index in [1.165, 1.54) is 44.9 Å². The Kier molecular flexibility index (Phi) is 9.13. The van der Waals surface area contributed by atoms with Crippen LogP contribution in [0.1, 0.15) is 72.6 Å².